The third kappa shape index (κ3) is 5.53. The molecule has 174 valence electrons. The van der Waals surface area contributed by atoms with E-state index in [9.17, 15) is 9.59 Å². The van der Waals surface area contributed by atoms with Crippen LogP contribution in [0.5, 0.6) is 11.5 Å². The molecule has 2 amide bonds. The van der Waals surface area contributed by atoms with Crippen molar-refractivity contribution in [3.05, 3.63) is 97.3 Å². The number of ether oxygens (including phenoxy) is 2. The van der Waals surface area contributed by atoms with Crippen LogP contribution in [0.15, 0.2) is 65.6 Å². The van der Waals surface area contributed by atoms with Crippen LogP contribution in [-0.4, -0.2) is 23.2 Å². The number of methoxy groups -OCH3 is 1. The second-order valence-electron chi connectivity index (χ2n) is 7.30. The van der Waals surface area contributed by atoms with Crippen molar-refractivity contribution >= 4 is 63.8 Å². The van der Waals surface area contributed by atoms with Crippen molar-refractivity contribution in [3.8, 4) is 11.5 Å². The van der Waals surface area contributed by atoms with Crippen molar-refractivity contribution < 1.29 is 19.1 Å². The van der Waals surface area contributed by atoms with E-state index in [1.807, 2.05) is 12.1 Å². The third-order valence-corrected chi connectivity index (χ3v) is 6.78. The Kier molecular flexibility index (Phi) is 7.73. The van der Waals surface area contributed by atoms with Gasteiger partial charge in [-0.15, -0.1) is 0 Å². The second-order valence-corrected chi connectivity index (χ2v) is 9.57. The Morgan fingerprint density at radius 2 is 1.71 bits per heavy atom. The molecule has 3 aromatic carbocycles. The molecule has 1 saturated heterocycles. The number of nitrogens with zero attached hydrogens (tertiary/aromatic N) is 1. The Morgan fingerprint density at radius 3 is 2.41 bits per heavy atom. The first-order valence-corrected chi connectivity index (χ1v) is 12.0. The van der Waals surface area contributed by atoms with Gasteiger partial charge in [-0.1, -0.05) is 65.1 Å². The molecule has 0 atom stereocenters. The van der Waals surface area contributed by atoms with E-state index in [1.54, 1.807) is 54.6 Å². The molecule has 0 aliphatic carbocycles. The smallest absolute Gasteiger partial charge is 0.293 e. The molecule has 0 N–H and O–H groups in total. The maximum Gasteiger partial charge on any atom is 0.293 e. The first-order valence-electron chi connectivity index (χ1n) is 10.1. The number of rotatable bonds is 7. The van der Waals surface area contributed by atoms with Crippen LogP contribution in [-0.2, 0) is 17.9 Å². The first-order chi connectivity index (χ1) is 16.4. The Hall–Kier alpha value is -2.64. The van der Waals surface area contributed by atoms with Crippen LogP contribution >= 0.6 is 46.6 Å². The van der Waals surface area contributed by atoms with Crippen LogP contribution in [0.3, 0.4) is 0 Å². The first kappa shape index (κ1) is 24.5. The van der Waals surface area contributed by atoms with Crippen LogP contribution in [0.2, 0.25) is 15.1 Å². The van der Waals surface area contributed by atoms with Crippen molar-refractivity contribution in [2.75, 3.05) is 7.11 Å². The summed E-state index contributed by atoms with van der Waals surface area (Å²) in [5, 5.41) is 1.12. The standard InChI is InChI=1S/C25H18Cl3NO4S/c1-32-21-4-2-3-16(23(21)33-14-15-5-8-18(26)9-6-15)11-22-24(30)29(25(31)34-22)13-17-7-10-19(27)12-20(17)28/h2-12H,13-14H2,1H3/b22-11-. The highest BCUT2D eigenvalue weighted by atomic mass is 35.5. The molecule has 1 heterocycles. The zero-order chi connectivity index (χ0) is 24.2. The van der Waals surface area contributed by atoms with Crippen molar-refractivity contribution in [1.29, 1.82) is 0 Å². The molecule has 34 heavy (non-hydrogen) atoms. The molecule has 0 saturated carbocycles. The zero-order valence-corrected chi connectivity index (χ0v) is 21.0. The summed E-state index contributed by atoms with van der Waals surface area (Å²) in [7, 11) is 1.54. The number of halogens is 3. The number of hydrogen-bond donors (Lipinski definition) is 0. The molecule has 1 fully saturated rings. The van der Waals surface area contributed by atoms with E-state index in [0.717, 1.165) is 22.2 Å². The van der Waals surface area contributed by atoms with Gasteiger partial charge in [-0.3, -0.25) is 14.5 Å². The number of imide groups is 1. The molecule has 4 rings (SSSR count). The lowest BCUT2D eigenvalue weighted by Crippen LogP contribution is -2.27. The lowest BCUT2D eigenvalue weighted by atomic mass is 10.1. The van der Waals surface area contributed by atoms with E-state index in [4.69, 9.17) is 44.3 Å². The maximum absolute atomic E-state index is 13.0. The third-order valence-electron chi connectivity index (χ3n) is 5.03. The summed E-state index contributed by atoms with van der Waals surface area (Å²) in [6.45, 7) is 0.324. The molecule has 0 aromatic heterocycles. The van der Waals surface area contributed by atoms with E-state index in [1.165, 1.54) is 7.11 Å². The molecule has 0 bridgehead atoms. The number of carbonyl (C=O) groups excluding carboxylic acids is 2. The van der Waals surface area contributed by atoms with Gasteiger partial charge >= 0.3 is 0 Å². The minimum absolute atomic E-state index is 0.0516. The highest BCUT2D eigenvalue weighted by Crippen LogP contribution is 2.38. The molecule has 0 unspecified atom stereocenters. The van der Waals surface area contributed by atoms with Crippen LogP contribution in [0.25, 0.3) is 6.08 Å². The van der Waals surface area contributed by atoms with Crippen LogP contribution in [0.1, 0.15) is 16.7 Å². The Morgan fingerprint density at radius 1 is 0.971 bits per heavy atom. The van der Waals surface area contributed by atoms with Gasteiger partial charge < -0.3 is 9.47 Å². The van der Waals surface area contributed by atoms with Gasteiger partial charge in [0.15, 0.2) is 11.5 Å². The van der Waals surface area contributed by atoms with Gasteiger partial charge in [0.25, 0.3) is 11.1 Å². The molecule has 0 radical (unpaired) electrons. The largest absolute Gasteiger partial charge is 0.493 e. The lowest BCUT2D eigenvalue weighted by Gasteiger charge is -2.14. The molecule has 1 aliphatic heterocycles. The lowest BCUT2D eigenvalue weighted by molar-refractivity contribution is -0.123. The minimum atomic E-state index is -0.410. The monoisotopic (exact) mass is 533 g/mol. The minimum Gasteiger partial charge on any atom is -0.493 e. The van der Waals surface area contributed by atoms with Crippen molar-refractivity contribution in [2.45, 2.75) is 13.2 Å². The number of para-hydroxylation sites is 1. The van der Waals surface area contributed by atoms with Gasteiger partial charge in [0, 0.05) is 20.6 Å². The SMILES string of the molecule is COc1cccc(/C=C2\SC(=O)N(Cc3ccc(Cl)cc3Cl)C2=O)c1OCc1ccc(Cl)cc1. The Balaban J connectivity index is 1.58. The number of benzene rings is 3. The fraction of sp³-hybridized carbons (Fsp3) is 0.120. The van der Waals surface area contributed by atoms with Gasteiger partial charge in [0.2, 0.25) is 0 Å². The zero-order valence-electron chi connectivity index (χ0n) is 17.9. The van der Waals surface area contributed by atoms with Gasteiger partial charge in [-0.25, -0.2) is 0 Å². The topological polar surface area (TPSA) is 55.8 Å². The quantitative estimate of drug-likeness (QED) is 0.294. The van der Waals surface area contributed by atoms with Gasteiger partial charge in [0.1, 0.15) is 6.61 Å². The van der Waals surface area contributed by atoms with E-state index in [0.29, 0.717) is 37.7 Å². The fourth-order valence-corrected chi connectivity index (χ4v) is 4.72. The van der Waals surface area contributed by atoms with Gasteiger partial charge in [-0.2, -0.15) is 0 Å². The number of thioether (sulfide) groups is 1. The normalized spacial score (nSPS) is 14.7. The van der Waals surface area contributed by atoms with Crippen molar-refractivity contribution in [3.63, 3.8) is 0 Å². The highest BCUT2D eigenvalue weighted by molar-refractivity contribution is 8.18. The molecule has 1 aliphatic rings. The number of amides is 2. The van der Waals surface area contributed by atoms with E-state index in [2.05, 4.69) is 0 Å². The maximum atomic E-state index is 13.0. The van der Waals surface area contributed by atoms with Crippen LogP contribution in [0.4, 0.5) is 4.79 Å². The molecule has 5 nitrogen and oxygen atoms in total. The van der Waals surface area contributed by atoms with Gasteiger partial charge in [-0.05, 0) is 59.3 Å². The number of hydrogen-bond acceptors (Lipinski definition) is 5. The van der Waals surface area contributed by atoms with Gasteiger partial charge in [0.05, 0.1) is 18.6 Å². The highest BCUT2D eigenvalue weighted by Gasteiger charge is 2.35. The summed E-state index contributed by atoms with van der Waals surface area (Å²) < 4.78 is 11.5. The van der Waals surface area contributed by atoms with E-state index >= 15 is 0 Å². The predicted octanol–water partition coefficient (Wildman–Crippen LogP) is 7.47. The average Bonchev–Trinajstić information content (AvgIpc) is 3.08. The number of carbonyl (C=O) groups is 2. The van der Waals surface area contributed by atoms with Crippen molar-refractivity contribution in [1.82, 2.24) is 4.90 Å². The average molecular weight is 535 g/mol. The summed E-state index contributed by atoms with van der Waals surface area (Å²) in [6, 6.07) is 17.6. The summed E-state index contributed by atoms with van der Waals surface area (Å²) >= 11 is 19.0. The second kappa shape index (κ2) is 10.7. The molecule has 9 heteroatoms. The van der Waals surface area contributed by atoms with E-state index in [-0.39, 0.29) is 23.3 Å². The molecular formula is C25H18Cl3NO4S. The van der Waals surface area contributed by atoms with Crippen LogP contribution in [0, 0.1) is 0 Å². The predicted molar refractivity (Wildman–Crippen MR) is 137 cm³/mol. The summed E-state index contributed by atoms with van der Waals surface area (Å²) in [5.74, 6) is 0.565. The molecule has 0 spiro atoms. The van der Waals surface area contributed by atoms with E-state index < -0.39 is 5.91 Å². The van der Waals surface area contributed by atoms with Crippen molar-refractivity contribution in [2.24, 2.45) is 0 Å². The summed E-state index contributed by atoms with van der Waals surface area (Å²) in [6.07, 6.45) is 1.63. The summed E-state index contributed by atoms with van der Waals surface area (Å²) in [5.41, 5.74) is 2.16. The molecular weight excluding hydrogens is 517 g/mol. The Labute approximate surface area is 216 Å². The summed E-state index contributed by atoms with van der Waals surface area (Å²) in [4.78, 5) is 27.1. The molecule has 3 aromatic rings. The van der Waals surface area contributed by atoms with Crippen LogP contribution < -0.4 is 9.47 Å². The fourth-order valence-electron chi connectivity index (χ4n) is 3.30. The Bertz CT molecular complexity index is 1280.